The second kappa shape index (κ2) is 4.70. The van der Waals surface area contributed by atoms with Crippen molar-refractivity contribution in [2.24, 2.45) is 0 Å². The van der Waals surface area contributed by atoms with E-state index in [9.17, 15) is 4.79 Å². The van der Waals surface area contributed by atoms with E-state index in [1.54, 1.807) is 6.07 Å². The van der Waals surface area contributed by atoms with E-state index in [-0.39, 0.29) is 0 Å². The number of rotatable bonds is 2. The lowest BCUT2D eigenvalue weighted by Crippen LogP contribution is -2.02. The molecule has 0 aliphatic heterocycles. The third-order valence-corrected chi connectivity index (χ3v) is 3.07. The van der Waals surface area contributed by atoms with Gasteiger partial charge in [0.1, 0.15) is 5.82 Å². The quantitative estimate of drug-likeness (QED) is 0.571. The van der Waals surface area contributed by atoms with Crippen LogP contribution in [0.3, 0.4) is 0 Å². The van der Waals surface area contributed by atoms with Gasteiger partial charge in [0.05, 0.1) is 12.6 Å². The number of hydrogen-bond acceptors (Lipinski definition) is 4. The molecule has 0 atom stereocenters. The highest BCUT2D eigenvalue weighted by Crippen LogP contribution is 2.24. The molecule has 2 N–H and O–H groups in total. The van der Waals surface area contributed by atoms with Crippen molar-refractivity contribution >= 4 is 17.2 Å². The Kier molecular flexibility index (Phi) is 2.87. The average molecular weight is 267 g/mol. The Bertz CT molecular complexity index is 793. The standard InChI is InChI=1S/C15H13N3O2/c1-20-15(19)13-12-7-2-3-8-18(12)14(17-13)10-5-4-6-11(16)9-10/h2-9H,16H2,1H3. The van der Waals surface area contributed by atoms with Gasteiger partial charge in [0.25, 0.3) is 0 Å². The smallest absolute Gasteiger partial charge is 0.358 e. The number of carbonyl (C=O) groups excluding carboxylic acids is 1. The maximum atomic E-state index is 11.8. The van der Waals surface area contributed by atoms with E-state index in [0.717, 1.165) is 5.56 Å². The molecule has 0 radical (unpaired) electrons. The second-order valence-corrected chi connectivity index (χ2v) is 4.36. The molecular formula is C15H13N3O2. The summed E-state index contributed by atoms with van der Waals surface area (Å²) in [5.74, 6) is 0.206. The fraction of sp³-hybridized carbons (Fsp3) is 0.0667. The lowest BCUT2D eigenvalue weighted by Gasteiger charge is -2.01. The summed E-state index contributed by atoms with van der Waals surface area (Å²) in [6, 6.07) is 12.9. The van der Waals surface area contributed by atoms with Crippen molar-refractivity contribution in [2.75, 3.05) is 12.8 Å². The van der Waals surface area contributed by atoms with Crippen LogP contribution in [0.1, 0.15) is 10.5 Å². The first kappa shape index (κ1) is 12.2. The van der Waals surface area contributed by atoms with E-state index in [1.165, 1.54) is 7.11 Å². The first-order valence-electron chi connectivity index (χ1n) is 6.12. The molecule has 0 saturated heterocycles. The lowest BCUT2D eigenvalue weighted by atomic mass is 10.2. The van der Waals surface area contributed by atoms with Gasteiger partial charge in [0, 0.05) is 17.4 Å². The van der Waals surface area contributed by atoms with Crippen molar-refractivity contribution in [1.29, 1.82) is 0 Å². The summed E-state index contributed by atoms with van der Waals surface area (Å²) in [6.07, 6.45) is 1.85. The third kappa shape index (κ3) is 1.89. The molecule has 0 spiro atoms. The maximum Gasteiger partial charge on any atom is 0.358 e. The van der Waals surface area contributed by atoms with E-state index in [2.05, 4.69) is 4.98 Å². The predicted molar refractivity (Wildman–Crippen MR) is 76.4 cm³/mol. The highest BCUT2D eigenvalue weighted by Gasteiger charge is 2.18. The summed E-state index contributed by atoms with van der Waals surface area (Å²) < 4.78 is 6.63. The van der Waals surface area contributed by atoms with E-state index in [4.69, 9.17) is 10.5 Å². The van der Waals surface area contributed by atoms with Crippen molar-refractivity contribution in [3.05, 3.63) is 54.4 Å². The number of carbonyl (C=O) groups is 1. The number of hydrogen-bond donors (Lipinski definition) is 1. The molecule has 0 aliphatic carbocycles. The molecule has 2 aromatic heterocycles. The number of imidazole rings is 1. The molecule has 0 unspecified atom stereocenters. The van der Waals surface area contributed by atoms with Crippen molar-refractivity contribution < 1.29 is 9.53 Å². The van der Waals surface area contributed by atoms with Crippen LogP contribution in [-0.2, 0) is 4.74 Å². The van der Waals surface area contributed by atoms with Crippen LogP contribution >= 0.6 is 0 Å². The number of pyridine rings is 1. The molecule has 5 nitrogen and oxygen atoms in total. The van der Waals surface area contributed by atoms with Crippen LogP contribution in [-0.4, -0.2) is 22.5 Å². The number of anilines is 1. The van der Waals surface area contributed by atoms with E-state index in [1.807, 2.05) is 47.0 Å². The van der Waals surface area contributed by atoms with Gasteiger partial charge in [-0.15, -0.1) is 0 Å². The predicted octanol–water partition coefficient (Wildman–Crippen LogP) is 2.37. The Balaban J connectivity index is 2.29. The second-order valence-electron chi connectivity index (χ2n) is 4.36. The molecule has 0 saturated carbocycles. The molecule has 3 aromatic rings. The molecule has 1 aromatic carbocycles. The largest absolute Gasteiger partial charge is 0.464 e. The highest BCUT2D eigenvalue weighted by molar-refractivity contribution is 5.96. The van der Waals surface area contributed by atoms with Crippen molar-refractivity contribution in [2.45, 2.75) is 0 Å². The molecule has 3 rings (SSSR count). The van der Waals surface area contributed by atoms with Gasteiger partial charge >= 0.3 is 5.97 Å². The van der Waals surface area contributed by atoms with Crippen LogP contribution in [0, 0.1) is 0 Å². The van der Waals surface area contributed by atoms with Crippen LogP contribution in [0.2, 0.25) is 0 Å². The van der Waals surface area contributed by atoms with E-state index in [0.29, 0.717) is 22.7 Å². The summed E-state index contributed by atoms with van der Waals surface area (Å²) in [5.41, 5.74) is 8.30. The molecule has 0 aliphatic rings. The zero-order chi connectivity index (χ0) is 14.1. The van der Waals surface area contributed by atoms with Crippen LogP contribution in [0.4, 0.5) is 5.69 Å². The topological polar surface area (TPSA) is 69.6 Å². The van der Waals surface area contributed by atoms with E-state index < -0.39 is 5.97 Å². The first-order chi connectivity index (χ1) is 9.70. The number of aromatic nitrogens is 2. The highest BCUT2D eigenvalue weighted by atomic mass is 16.5. The van der Waals surface area contributed by atoms with Gasteiger partial charge in [-0.05, 0) is 24.3 Å². The van der Waals surface area contributed by atoms with Gasteiger partial charge < -0.3 is 10.5 Å². The van der Waals surface area contributed by atoms with Crippen LogP contribution in [0.15, 0.2) is 48.7 Å². The zero-order valence-electron chi connectivity index (χ0n) is 10.9. The SMILES string of the molecule is COC(=O)c1nc(-c2cccc(N)c2)n2ccccc12. The monoisotopic (exact) mass is 267 g/mol. The van der Waals surface area contributed by atoms with E-state index >= 15 is 0 Å². The van der Waals surface area contributed by atoms with Gasteiger partial charge in [-0.1, -0.05) is 18.2 Å². The number of benzene rings is 1. The van der Waals surface area contributed by atoms with Gasteiger partial charge in [-0.3, -0.25) is 4.40 Å². The summed E-state index contributed by atoms with van der Waals surface area (Å²) in [6.45, 7) is 0. The first-order valence-corrected chi connectivity index (χ1v) is 6.12. The Morgan fingerprint density at radius 2 is 2.10 bits per heavy atom. The van der Waals surface area contributed by atoms with Crippen molar-refractivity contribution in [1.82, 2.24) is 9.38 Å². The van der Waals surface area contributed by atoms with Crippen LogP contribution < -0.4 is 5.73 Å². The summed E-state index contributed by atoms with van der Waals surface area (Å²) >= 11 is 0. The Morgan fingerprint density at radius 3 is 2.85 bits per heavy atom. The minimum Gasteiger partial charge on any atom is -0.464 e. The number of ether oxygens (including phenoxy) is 1. The molecule has 0 amide bonds. The minimum atomic E-state index is -0.455. The van der Waals surface area contributed by atoms with Gasteiger partial charge in [0.15, 0.2) is 5.69 Å². The molecule has 0 bridgehead atoms. The number of esters is 1. The van der Waals surface area contributed by atoms with Crippen molar-refractivity contribution in [3.63, 3.8) is 0 Å². The number of fused-ring (bicyclic) bond motifs is 1. The normalized spacial score (nSPS) is 10.7. The molecular weight excluding hydrogens is 254 g/mol. The maximum absolute atomic E-state index is 11.8. The van der Waals surface area contributed by atoms with Gasteiger partial charge in [-0.25, -0.2) is 9.78 Å². The molecule has 2 heterocycles. The summed E-state index contributed by atoms with van der Waals surface area (Å²) in [7, 11) is 1.34. The van der Waals surface area contributed by atoms with Crippen LogP contribution in [0.25, 0.3) is 16.9 Å². The molecule has 5 heteroatoms. The Hall–Kier alpha value is -2.82. The molecule has 0 fully saturated rings. The zero-order valence-corrected chi connectivity index (χ0v) is 10.9. The fourth-order valence-corrected chi connectivity index (χ4v) is 2.17. The molecule has 20 heavy (non-hydrogen) atoms. The minimum absolute atomic E-state index is 0.297. The number of nitrogen functional groups attached to an aromatic ring is 1. The Labute approximate surface area is 115 Å². The number of nitrogens with two attached hydrogens (primary N) is 1. The average Bonchev–Trinajstić information content (AvgIpc) is 2.86. The number of nitrogens with zero attached hydrogens (tertiary/aromatic N) is 2. The summed E-state index contributed by atoms with van der Waals surface area (Å²) in [5, 5.41) is 0. The Morgan fingerprint density at radius 1 is 1.25 bits per heavy atom. The van der Waals surface area contributed by atoms with Crippen LogP contribution in [0.5, 0.6) is 0 Å². The third-order valence-electron chi connectivity index (χ3n) is 3.07. The molecule has 100 valence electrons. The fourth-order valence-electron chi connectivity index (χ4n) is 2.17. The van der Waals surface area contributed by atoms with Crippen molar-refractivity contribution in [3.8, 4) is 11.4 Å². The number of methoxy groups -OCH3 is 1. The summed E-state index contributed by atoms with van der Waals surface area (Å²) in [4.78, 5) is 16.2. The van der Waals surface area contributed by atoms with Gasteiger partial charge in [-0.2, -0.15) is 0 Å². The lowest BCUT2D eigenvalue weighted by molar-refractivity contribution is 0.0597. The van der Waals surface area contributed by atoms with Gasteiger partial charge in [0.2, 0.25) is 0 Å².